The highest BCUT2D eigenvalue weighted by molar-refractivity contribution is 6.30. The highest BCUT2D eigenvalue weighted by atomic mass is 35.5. The van der Waals surface area contributed by atoms with Gasteiger partial charge >= 0.3 is 0 Å². The van der Waals surface area contributed by atoms with Crippen LogP contribution in [-0.2, 0) is 27.4 Å². The summed E-state index contributed by atoms with van der Waals surface area (Å²) in [6.45, 7) is 1.79. The van der Waals surface area contributed by atoms with E-state index >= 15 is 0 Å². The molecule has 184 valence electrons. The van der Waals surface area contributed by atoms with Crippen LogP contribution >= 0.6 is 11.6 Å². The lowest BCUT2D eigenvalue weighted by Gasteiger charge is -2.42. The van der Waals surface area contributed by atoms with E-state index in [9.17, 15) is 9.59 Å². The van der Waals surface area contributed by atoms with Crippen LogP contribution in [0.1, 0.15) is 12.0 Å². The summed E-state index contributed by atoms with van der Waals surface area (Å²) in [6.07, 6.45) is 5.07. The predicted molar refractivity (Wildman–Crippen MR) is 132 cm³/mol. The molecule has 1 aliphatic heterocycles. The van der Waals surface area contributed by atoms with Gasteiger partial charge in [0.1, 0.15) is 24.5 Å². The maximum Gasteiger partial charge on any atom is 0.242 e. The Morgan fingerprint density at radius 2 is 1.94 bits per heavy atom. The third-order valence-electron chi connectivity index (χ3n) is 5.96. The zero-order valence-corrected chi connectivity index (χ0v) is 20.4. The highest BCUT2D eigenvalue weighted by Gasteiger charge is 2.42. The zero-order valence-electron chi connectivity index (χ0n) is 19.7. The van der Waals surface area contributed by atoms with Crippen molar-refractivity contribution in [2.45, 2.75) is 25.1 Å². The maximum atomic E-state index is 13.3. The van der Waals surface area contributed by atoms with Crippen molar-refractivity contribution in [2.24, 2.45) is 0 Å². The van der Waals surface area contributed by atoms with Crippen LogP contribution in [0.4, 0.5) is 0 Å². The molecule has 2 amide bonds. The van der Waals surface area contributed by atoms with E-state index in [0.717, 1.165) is 5.56 Å². The lowest BCUT2D eigenvalue weighted by Crippen LogP contribution is -2.58. The number of rotatable bonds is 9. The second kappa shape index (κ2) is 11.4. The van der Waals surface area contributed by atoms with Gasteiger partial charge in [-0.25, -0.2) is 4.98 Å². The van der Waals surface area contributed by atoms with E-state index in [1.807, 2.05) is 30.3 Å². The van der Waals surface area contributed by atoms with Crippen LogP contribution in [0.3, 0.4) is 0 Å². The van der Waals surface area contributed by atoms with Gasteiger partial charge in [0.25, 0.3) is 0 Å². The summed E-state index contributed by atoms with van der Waals surface area (Å²) in [5.74, 6) is 0.467. The van der Waals surface area contributed by atoms with E-state index < -0.39 is 5.60 Å². The topological polar surface area (TPSA) is 76.9 Å². The van der Waals surface area contributed by atoms with Gasteiger partial charge in [0.15, 0.2) is 0 Å². The summed E-state index contributed by atoms with van der Waals surface area (Å²) in [5.41, 5.74) is 0.0568. The molecule has 8 nitrogen and oxygen atoms in total. The summed E-state index contributed by atoms with van der Waals surface area (Å²) in [5, 5.41) is 0.606. The van der Waals surface area contributed by atoms with Crippen molar-refractivity contribution in [3.63, 3.8) is 0 Å². The van der Waals surface area contributed by atoms with Gasteiger partial charge in [0.2, 0.25) is 11.8 Å². The molecule has 1 aliphatic rings. The van der Waals surface area contributed by atoms with E-state index in [-0.39, 0.29) is 37.9 Å². The molecule has 3 aromatic rings. The molecule has 1 saturated heterocycles. The van der Waals surface area contributed by atoms with E-state index in [1.54, 1.807) is 64.4 Å². The molecule has 0 N–H and O–H groups in total. The first kappa shape index (κ1) is 24.8. The summed E-state index contributed by atoms with van der Waals surface area (Å²) < 4.78 is 13.9. The Morgan fingerprint density at radius 3 is 2.66 bits per heavy atom. The average molecular weight is 497 g/mol. The Morgan fingerprint density at radius 1 is 1.17 bits per heavy atom. The Kier molecular flexibility index (Phi) is 8.05. The molecule has 4 rings (SSSR count). The van der Waals surface area contributed by atoms with Crippen molar-refractivity contribution in [1.82, 2.24) is 19.4 Å². The Balaban J connectivity index is 1.48. The second-order valence-electron chi connectivity index (χ2n) is 8.74. The first-order chi connectivity index (χ1) is 16.9. The molecule has 1 atom stereocenters. The molecule has 0 aliphatic carbocycles. The minimum Gasteiger partial charge on any atom is -0.490 e. The number of morpholine rings is 1. The van der Waals surface area contributed by atoms with Crippen molar-refractivity contribution >= 4 is 23.4 Å². The largest absolute Gasteiger partial charge is 0.490 e. The molecule has 2 heterocycles. The molecule has 0 saturated carbocycles. The molecule has 1 fully saturated rings. The van der Waals surface area contributed by atoms with Gasteiger partial charge in [-0.05, 0) is 29.8 Å². The number of amides is 2. The van der Waals surface area contributed by atoms with Crippen LogP contribution < -0.4 is 4.74 Å². The smallest absolute Gasteiger partial charge is 0.242 e. The molecule has 9 heteroatoms. The minimum absolute atomic E-state index is 0.0627. The quantitative estimate of drug-likeness (QED) is 0.454. The van der Waals surface area contributed by atoms with Crippen molar-refractivity contribution < 1.29 is 19.1 Å². The molecule has 0 spiro atoms. The van der Waals surface area contributed by atoms with Crippen LogP contribution in [-0.4, -0.2) is 70.1 Å². The van der Waals surface area contributed by atoms with Crippen molar-refractivity contribution in [3.05, 3.63) is 83.9 Å². The maximum absolute atomic E-state index is 13.3. The van der Waals surface area contributed by atoms with Crippen LogP contribution in [0.15, 0.2) is 73.3 Å². The number of carbonyl (C=O) groups excluding carboxylic acids is 2. The van der Waals surface area contributed by atoms with Gasteiger partial charge in [0.05, 0.1) is 25.9 Å². The Hall–Kier alpha value is -3.36. The van der Waals surface area contributed by atoms with Crippen molar-refractivity contribution in [3.8, 4) is 5.75 Å². The van der Waals surface area contributed by atoms with Crippen molar-refractivity contribution in [1.29, 1.82) is 0 Å². The van der Waals surface area contributed by atoms with Crippen LogP contribution in [0.5, 0.6) is 5.75 Å². The highest BCUT2D eigenvalue weighted by Crippen LogP contribution is 2.26. The number of imidazole rings is 1. The third kappa shape index (κ3) is 6.83. The zero-order chi connectivity index (χ0) is 24.7. The fourth-order valence-corrected chi connectivity index (χ4v) is 4.17. The first-order valence-electron chi connectivity index (χ1n) is 11.5. The van der Waals surface area contributed by atoms with Crippen LogP contribution in [0.2, 0.25) is 5.02 Å². The monoisotopic (exact) mass is 496 g/mol. The van der Waals surface area contributed by atoms with Gasteiger partial charge in [-0.3, -0.25) is 9.59 Å². The van der Waals surface area contributed by atoms with Gasteiger partial charge in [-0.1, -0.05) is 41.9 Å². The number of halogens is 1. The summed E-state index contributed by atoms with van der Waals surface area (Å²) in [4.78, 5) is 33.7. The molecule has 0 unspecified atom stereocenters. The molecule has 2 aromatic carbocycles. The Labute approximate surface area is 210 Å². The summed E-state index contributed by atoms with van der Waals surface area (Å²) >= 11 is 5.99. The van der Waals surface area contributed by atoms with E-state index in [4.69, 9.17) is 21.1 Å². The molecule has 35 heavy (non-hydrogen) atoms. The molecular weight excluding hydrogens is 468 g/mol. The fraction of sp³-hybridized carbons (Fsp3) is 0.346. The molecular formula is C26H29ClN4O4. The van der Waals surface area contributed by atoms with E-state index in [1.165, 1.54) is 0 Å². The summed E-state index contributed by atoms with van der Waals surface area (Å²) in [6, 6.07) is 16.8. The first-order valence-corrected chi connectivity index (χ1v) is 11.8. The fourth-order valence-electron chi connectivity index (χ4n) is 4.04. The number of ether oxygens (including phenoxy) is 2. The Bertz CT molecular complexity index is 1110. The summed E-state index contributed by atoms with van der Waals surface area (Å²) in [7, 11) is 1.77. The number of hydrogen-bond acceptors (Lipinski definition) is 5. The van der Waals surface area contributed by atoms with Crippen molar-refractivity contribution in [2.75, 3.05) is 33.4 Å². The van der Waals surface area contributed by atoms with E-state index in [2.05, 4.69) is 4.98 Å². The number of hydrogen-bond donors (Lipinski definition) is 0. The predicted octanol–water partition coefficient (Wildman–Crippen LogP) is 3.26. The number of aromatic nitrogens is 2. The van der Waals surface area contributed by atoms with Crippen LogP contribution in [0, 0.1) is 0 Å². The molecule has 0 bridgehead atoms. The molecule has 1 aromatic heterocycles. The normalized spacial score (nSPS) is 17.7. The van der Waals surface area contributed by atoms with Gasteiger partial charge < -0.3 is 23.8 Å². The minimum atomic E-state index is -0.982. The SMILES string of the molecule is CN(Cc1ccccc1)C(=O)C[C@]1(COc2ccc(Cl)cc2)CN(C(=O)Cn2ccnc2)CCO1. The second-order valence-corrected chi connectivity index (χ2v) is 9.17. The average Bonchev–Trinajstić information content (AvgIpc) is 3.37. The lowest BCUT2D eigenvalue weighted by molar-refractivity contribution is -0.166. The van der Waals surface area contributed by atoms with Gasteiger partial charge in [-0.2, -0.15) is 0 Å². The van der Waals surface area contributed by atoms with E-state index in [0.29, 0.717) is 30.5 Å². The number of nitrogens with zero attached hydrogens (tertiary/aromatic N) is 4. The van der Waals surface area contributed by atoms with Gasteiger partial charge in [0, 0.05) is 37.6 Å². The standard InChI is InChI=1S/C26H29ClN4O4/c1-29(16-21-5-3-2-4-6-21)24(32)15-26(19-34-23-9-7-22(27)8-10-23)18-31(13-14-35-26)25(33)17-30-12-11-28-20-30/h2-12,20H,13-19H2,1H3/t26-/m1/s1. The van der Waals surface area contributed by atoms with Crippen LogP contribution in [0.25, 0.3) is 0 Å². The number of carbonyl (C=O) groups is 2. The van der Waals surface area contributed by atoms with Gasteiger partial charge in [-0.15, -0.1) is 0 Å². The lowest BCUT2D eigenvalue weighted by atomic mass is 9.96. The third-order valence-corrected chi connectivity index (χ3v) is 6.21. The number of benzene rings is 2. The molecule has 0 radical (unpaired) electrons.